The smallest absolute Gasteiger partial charge is 0.243 e. The number of thiazole rings is 1. The van der Waals surface area contributed by atoms with Gasteiger partial charge in [0.25, 0.3) is 0 Å². The summed E-state index contributed by atoms with van der Waals surface area (Å²) in [7, 11) is -3.68. The Balaban J connectivity index is 1.50. The van der Waals surface area contributed by atoms with E-state index in [-0.39, 0.29) is 17.3 Å². The van der Waals surface area contributed by atoms with Crippen LogP contribution in [0.15, 0.2) is 41.3 Å². The summed E-state index contributed by atoms with van der Waals surface area (Å²) in [5.41, 5.74) is 1.74. The summed E-state index contributed by atoms with van der Waals surface area (Å²) in [4.78, 5) is 17.5. The van der Waals surface area contributed by atoms with E-state index in [0.29, 0.717) is 34.6 Å². The van der Waals surface area contributed by atoms with E-state index in [9.17, 15) is 13.2 Å². The van der Waals surface area contributed by atoms with Crippen molar-refractivity contribution in [2.24, 2.45) is 5.92 Å². The molecule has 30 heavy (non-hydrogen) atoms. The number of hydrogen-bond acceptors (Lipinski definition) is 5. The fraction of sp³-hybridized carbons (Fsp3) is 0.300. The number of fused-ring (bicyclic) bond motifs is 1. The predicted molar refractivity (Wildman–Crippen MR) is 121 cm³/mol. The molecule has 0 radical (unpaired) electrons. The molecular weight excluding hydrogens is 465 g/mol. The molecule has 158 valence electrons. The Morgan fingerprint density at radius 2 is 1.93 bits per heavy atom. The zero-order valence-corrected chi connectivity index (χ0v) is 19.2. The monoisotopic (exact) mass is 483 g/mol. The van der Waals surface area contributed by atoms with Crippen LogP contribution in [-0.4, -0.2) is 36.7 Å². The van der Waals surface area contributed by atoms with Crippen molar-refractivity contribution in [2.75, 3.05) is 18.4 Å². The third kappa shape index (κ3) is 4.33. The minimum Gasteiger partial charge on any atom is -0.302 e. The van der Waals surface area contributed by atoms with Crippen molar-refractivity contribution in [3.05, 3.63) is 52.0 Å². The average molecular weight is 484 g/mol. The van der Waals surface area contributed by atoms with Crippen LogP contribution in [0.3, 0.4) is 0 Å². The summed E-state index contributed by atoms with van der Waals surface area (Å²) in [6.45, 7) is 2.43. The number of hydrogen-bond donors (Lipinski definition) is 1. The molecule has 0 aliphatic carbocycles. The highest BCUT2D eigenvalue weighted by atomic mass is 35.5. The average Bonchev–Trinajstić information content (AvgIpc) is 3.11. The van der Waals surface area contributed by atoms with Crippen molar-refractivity contribution < 1.29 is 13.2 Å². The van der Waals surface area contributed by atoms with Gasteiger partial charge in [0.2, 0.25) is 15.9 Å². The molecule has 1 aromatic heterocycles. The molecule has 0 bridgehead atoms. The van der Waals surface area contributed by atoms with Gasteiger partial charge < -0.3 is 5.32 Å². The lowest BCUT2D eigenvalue weighted by Gasteiger charge is -2.31. The van der Waals surface area contributed by atoms with Gasteiger partial charge in [-0.1, -0.05) is 34.5 Å². The van der Waals surface area contributed by atoms with Crippen LogP contribution >= 0.6 is 34.5 Å². The summed E-state index contributed by atoms with van der Waals surface area (Å²) in [6.07, 6.45) is 1.23. The van der Waals surface area contributed by atoms with Gasteiger partial charge >= 0.3 is 0 Å². The number of nitrogens with zero attached hydrogens (tertiary/aromatic N) is 2. The molecule has 1 aliphatic rings. The topological polar surface area (TPSA) is 79.4 Å². The van der Waals surface area contributed by atoms with Crippen LogP contribution in [0.25, 0.3) is 10.2 Å². The lowest BCUT2D eigenvalue weighted by molar-refractivity contribution is -0.120. The first-order valence-electron chi connectivity index (χ1n) is 9.37. The molecule has 6 nitrogen and oxygen atoms in total. The van der Waals surface area contributed by atoms with Crippen LogP contribution in [0.5, 0.6) is 0 Å². The normalized spacial score (nSPS) is 17.9. The fourth-order valence-electron chi connectivity index (χ4n) is 3.55. The number of halogens is 2. The summed E-state index contributed by atoms with van der Waals surface area (Å²) < 4.78 is 28.1. The molecular formula is C20H19Cl2N3O3S2. The van der Waals surface area contributed by atoms with E-state index in [1.165, 1.54) is 27.8 Å². The number of carbonyl (C=O) groups is 1. The molecule has 1 atom stereocenters. The summed E-state index contributed by atoms with van der Waals surface area (Å²) in [5, 5.41) is 4.43. The number of carbonyl (C=O) groups excluding carboxylic acids is 1. The van der Waals surface area contributed by atoms with E-state index in [0.717, 1.165) is 15.8 Å². The summed E-state index contributed by atoms with van der Waals surface area (Å²) in [6, 6.07) is 9.70. The molecule has 1 unspecified atom stereocenters. The van der Waals surface area contributed by atoms with Crippen molar-refractivity contribution in [3.8, 4) is 0 Å². The Labute approximate surface area is 188 Å². The van der Waals surface area contributed by atoms with E-state index in [1.807, 2.05) is 19.1 Å². The van der Waals surface area contributed by atoms with Crippen LogP contribution in [0.2, 0.25) is 10.0 Å². The van der Waals surface area contributed by atoms with Crippen molar-refractivity contribution in [3.63, 3.8) is 0 Å². The Morgan fingerprint density at radius 1 is 1.20 bits per heavy atom. The molecule has 10 heteroatoms. The molecule has 2 heterocycles. The molecule has 4 rings (SSSR count). The van der Waals surface area contributed by atoms with E-state index < -0.39 is 15.9 Å². The highest BCUT2D eigenvalue weighted by molar-refractivity contribution is 7.89. The maximum Gasteiger partial charge on any atom is 0.243 e. The van der Waals surface area contributed by atoms with Crippen LogP contribution < -0.4 is 5.32 Å². The molecule has 2 aromatic carbocycles. The molecule has 1 saturated heterocycles. The van der Waals surface area contributed by atoms with Crippen molar-refractivity contribution >= 4 is 65.8 Å². The fourth-order valence-corrected chi connectivity index (χ4v) is 6.52. The Kier molecular flexibility index (Phi) is 6.05. The van der Waals surface area contributed by atoms with Crippen molar-refractivity contribution in [1.29, 1.82) is 0 Å². The minimum absolute atomic E-state index is 0.131. The van der Waals surface area contributed by atoms with Crippen LogP contribution in [0.4, 0.5) is 5.13 Å². The first kappa shape index (κ1) is 21.5. The summed E-state index contributed by atoms with van der Waals surface area (Å²) in [5.74, 6) is -0.675. The third-order valence-corrected chi connectivity index (χ3v) is 8.35. The second-order valence-corrected chi connectivity index (χ2v) is 11.1. The second kappa shape index (κ2) is 8.43. The quantitative estimate of drug-likeness (QED) is 0.568. The number of anilines is 1. The van der Waals surface area contributed by atoms with Gasteiger partial charge in [-0.2, -0.15) is 4.31 Å². The van der Waals surface area contributed by atoms with E-state index >= 15 is 0 Å². The van der Waals surface area contributed by atoms with Gasteiger partial charge in [-0.15, -0.1) is 0 Å². The minimum atomic E-state index is -3.68. The maximum atomic E-state index is 12.9. The zero-order chi connectivity index (χ0) is 21.5. The number of benzene rings is 2. The van der Waals surface area contributed by atoms with Crippen LogP contribution in [0, 0.1) is 12.8 Å². The largest absolute Gasteiger partial charge is 0.302 e. The highest BCUT2D eigenvalue weighted by Gasteiger charge is 2.33. The summed E-state index contributed by atoms with van der Waals surface area (Å²) >= 11 is 13.3. The Morgan fingerprint density at radius 3 is 2.67 bits per heavy atom. The molecule has 0 saturated carbocycles. The van der Waals surface area contributed by atoms with Gasteiger partial charge in [-0.05, 0) is 61.7 Å². The van der Waals surface area contributed by atoms with Gasteiger partial charge in [-0.25, -0.2) is 13.4 Å². The highest BCUT2D eigenvalue weighted by Crippen LogP contribution is 2.32. The number of sulfonamides is 1. The van der Waals surface area contributed by atoms with Gasteiger partial charge in [0, 0.05) is 23.1 Å². The molecule has 0 spiro atoms. The maximum absolute atomic E-state index is 12.9. The Hall–Kier alpha value is -1.71. The predicted octanol–water partition coefficient (Wildman–Crippen LogP) is 4.95. The Bertz CT molecular complexity index is 1210. The molecule has 1 fully saturated rings. The van der Waals surface area contributed by atoms with Gasteiger partial charge in [0.05, 0.1) is 21.0 Å². The standard InChI is InChI=1S/C20H19Cl2N3O3S2/c1-12-9-15(22)10-17-18(12)23-20(29-17)24-19(26)13-3-2-8-25(11-13)30(27,28)16-6-4-14(21)5-7-16/h4-7,9-10,13H,2-3,8,11H2,1H3,(H,23,24,26). The van der Waals surface area contributed by atoms with Gasteiger partial charge in [0.15, 0.2) is 5.13 Å². The number of aromatic nitrogens is 1. The van der Waals surface area contributed by atoms with E-state index in [2.05, 4.69) is 10.3 Å². The molecule has 3 aromatic rings. The van der Waals surface area contributed by atoms with Gasteiger partial charge in [-0.3, -0.25) is 4.79 Å². The number of rotatable bonds is 4. The van der Waals surface area contributed by atoms with Gasteiger partial charge in [0.1, 0.15) is 0 Å². The second-order valence-electron chi connectivity index (χ2n) is 7.23. The first-order chi connectivity index (χ1) is 14.2. The van der Waals surface area contributed by atoms with E-state index in [1.54, 1.807) is 12.1 Å². The lowest BCUT2D eigenvalue weighted by Crippen LogP contribution is -2.43. The van der Waals surface area contributed by atoms with E-state index in [4.69, 9.17) is 23.2 Å². The number of amides is 1. The third-order valence-electron chi connectivity index (χ3n) is 5.09. The van der Waals surface area contributed by atoms with Crippen LogP contribution in [-0.2, 0) is 14.8 Å². The van der Waals surface area contributed by atoms with Crippen molar-refractivity contribution in [1.82, 2.24) is 9.29 Å². The molecule has 1 amide bonds. The molecule has 1 N–H and O–H groups in total. The van der Waals surface area contributed by atoms with Crippen molar-refractivity contribution in [2.45, 2.75) is 24.7 Å². The first-order valence-corrected chi connectivity index (χ1v) is 12.4. The lowest BCUT2D eigenvalue weighted by atomic mass is 9.99. The van der Waals surface area contributed by atoms with Crippen LogP contribution in [0.1, 0.15) is 18.4 Å². The molecule has 1 aliphatic heterocycles. The zero-order valence-electron chi connectivity index (χ0n) is 16.1. The number of piperidine rings is 1. The SMILES string of the molecule is Cc1cc(Cl)cc2sc(NC(=O)C3CCCN(S(=O)(=O)c4ccc(Cl)cc4)C3)nc12. The number of nitrogens with one attached hydrogen (secondary N) is 1. The number of aryl methyl sites for hydroxylation is 1.